The molecule has 0 aliphatic carbocycles. The highest BCUT2D eigenvalue weighted by molar-refractivity contribution is 14.0. The Morgan fingerprint density at radius 2 is 1.87 bits per heavy atom. The molecule has 1 saturated heterocycles. The SMILES string of the molecule is CCNC(=NCC(O)c1cc(OC)cc(OC)c1)NC1CCN(CC(N)=O)CC1.I. The molecule has 1 fully saturated rings. The second-order valence-corrected chi connectivity index (χ2v) is 7.04. The lowest BCUT2D eigenvalue weighted by Crippen LogP contribution is -2.49. The fourth-order valence-corrected chi connectivity index (χ4v) is 3.27. The number of carbonyl (C=O) groups excluding carboxylic acids is 1. The molecule has 5 N–H and O–H groups in total. The quantitative estimate of drug-likeness (QED) is 0.210. The van der Waals surface area contributed by atoms with Crippen molar-refractivity contribution >= 4 is 35.8 Å². The number of guanidine groups is 1. The number of ether oxygens (including phenoxy) is 2. The molecule has 1 aliphatic rings. The number of rotatable bonds is 9. The van der Waals surface area contributed by atoms with E-state index in [2.05, 4.69) is 20.5 Å². The summed E-state index contributed by atoms with van der Waals surface area (Å²) in [6, 6.07) is 5.57. The topological polar surface area (TPSA) is 121 Å². The number of nitrogens with two attached hydrogens (primary N) is 1. The molecule has 0 bridgehead atoms. The van der Waals surface area contributed by atoms with Crippen molar-refractivity contribution in [3.8, 4) is 11.5 Å². The molecule has 1 atom stereocenters. The first-order valence-electron chi connectivity index (χ1n) is 9.91. The lowest BCUT2D eigenvalue weighted by Gasteiger charge is -2.32. The van der Waals surface area contributed by atoms with E-state index in [1.54, 1.807) is 32.4 Å². The third kappa shape index (κ3) is 8.52. The summed E-state index contributed by atoms with van der Waals surface area (Å²) in [6.45, 7) is 4.84. The number of methoxy groups -OCH3 is 2. The number of aliphatic hydroxyl groups excluding tert-OH is 1. The molecule has 1 aliphatic heterocycles. The van der Waals surface area contributed by atoms with Crippen molar-refractivity contribution in [2.75, 3.05) is 46.9 Å². The first-order chi connectivity index (χ1) is 13.9. The maximum atomic E-state index is 11.1. The van der Waals surface area contributed by atoms with Gasteiger partial charge in [0.25, 0.3) is 0 Å². The van der Waals surface area contributed by atoms with E-state index in [4.69, 9.17) is 15.2 Å². The Morgan fingerprint density at radius 3 is 2.37 bits per heavy atom. The zero-order chi connectivity index (χ0) is 21.2. The van der Waals surface area contributed by atoms with E-state index in [-0.39, 0.29) is 42.5 Å². The molecule has 0 aromatic heterocycles. The maximum absolute atomic E-state index is 11.1. The number of amides is 1. The van der Waals surface area contributed by atoms with Gasteiger partial charge in [-0.05, 0) is 37.5 Å². The molecule has 0 spiro atoms. The van der Waals surface area contributed by atoms with E-state index in [1.807, 2.05) is 6.92 Å². The third-order valence-corrected chi connectivity index (χ3v) is 4.83. The number of primary amides is 1. The van der Waals surface area contributed by atoms with Crippen LogP contribution >= 0.6 is 24.0 Å². The van der Waals surface area contributed by atoms with E-state index < -0.39 is 6.10 Å². The van der Waals surface area contributed by atoms with Gasteiger partial charge >= 0.3 is 0 Å². The molecule has 10 heteroatoms. The number of halogens is 1. The lowest BCUT2D eigenvalue weighted by molar-refractivity contribution is -0.119. The Bertz CT molecular complexity index is 674. The Hall–Kier alpha value is -1.79. The number of hydrogen-bond donors (Lipinski definition) is 4. The van der Waals surface area contributed by atoms with Gasteiger partial charge in [0.2, 0.25) is 5.91 Å². The van der Waals surface area contributed by atoms with Gasteiger partial charge in [0, 0.05) is 31.7 Å². The van der Waals surface area contributed by atoms with Gasteiger partial charge in [-0.3, -0.25) is 14.7 Å². The smallest absolute Gasteiger partial charge is 0.231 e. The van der Waals surface area contributed by atoms with Crippen molar-refractivity contribution in [3.05, 3.63) is 23.8 Å². The van der Waals surface area contributed by atoms with E-state index in [1.165, 1.54) is 0 Å². The molecule has 9 nitrogen and oxygen atoms in total. The molecule has 1 aromatic carbocycles. The highest BCUT2D eigenvalue weighted by Crippen LogP contribution is 2.26. The largest absolute Gasteiger partial charge is 0.497 e. The number of benzene rings is 1. The van der Waals surface area contributed by atoms with Crippen LogP contribution in [0.2, 0.25) is 0 Å². The van der Waals surface area contributed by atoms with Crippen LogP contribution in [0.4, 0.5) is 0 Å². The van der Waals surface area contributed by atoms with Crippen LogP contribution in [0.3, 0.4) is 0 Å². The number of hydrogen-bond acceptors (Lipinski definition) is 6. The predicted molar refractivity (Wildman–Crippen MR) is 128 cm³/mol. The maximum Gasteiger partial charge on any atom is 0.231 e. The van der Waals surface area contributed by atoms with E-state index in [0.717, 1.165) is 32.5 Å². The molecule has 1 aromatic rings. The highest BCUT2D eigenvalue weighted by Gasteiger charge is 2.21. The van der Waals surface area contributed by atoms with Gasteiger partial charge in [-0.15, -0.1) is 24.0 Å². The Kier molecular flexibility index (Phi) is 11.8. The summed E-state index contributed by atoms with van der Waals surface area (Å²) in [5.41, 5.74) is 5.95. The van der Waals surface area contributed by atoms with Gasteiger partial charge in [-0.1, -0.05) is 0 Å². The summed E-state index contributed by atoms with van der Waals surface area (Å²) in [4.78, 5) is 17.7. The average Bonchev–Trinajstić information content (AvgIpc) is 2.72. The van der Waals surface area contributed by atoms with Crippen molar-refractivity contribution in [2.24, 2.45) is 10.7 Å². The molecule has 0 saturated carbocycles. The number of piperidine rings is 1. The Labute approximate surface area is 195 Å². The minimum Gasteiger partial charge on any atom is -0.497 e. The number of likely N-dealkylation sites (tertiary alicyclic amines) is 1. The summed E-state index contributed by atoms with van der Waals surface area (Å²) in [5.74, 6) is 1.61. The Morgan fingerprint density at radius 1 is 1.27 bits per heavy atom. The van der Waals surface area contributed by atoms with Crippen molar-refractivity contribution < 1.29 is 19.4 Å². The number of aliphatic hydroxyl groups is 1. The van der Waals surface area contributed by atoms with Crippen LogP contribution in [0, 0.1) is 0 Å². The van der Waals surface area contributed by atoms with Gasteiger partial charge in [0.1, 0.15) is 11.5 Å². The zero-order valence-corrected chi connectivity index (χ0v) is 20.2. The molecule has 2 rings (SSSR count). The second-order valence-electron chi connectivity index (χ2n) is 7.04. The van der Waals surface area contributed by atoms with Crippen LogP contribution in [0.15, 0.2) is 23.2 Å². The van der Waals surface area contributed by atoms with Crippen molar-refractivity contribution in [3.63, 3.8) is 0 Å². The zero-order valence-electron chi connectivity index (χ0n) is 17.9. The number of carbonyl (C=O) groups is 1. The number of nitrogens with zero attached hydrogens (tertiary/aromatic N) is 2. The lowest BCUT2D eigenvalue weighted by atomic mass is 10.1. The summed E-state index contributed by atoms with van der Waals surface area (Å²) in [7, 11) is 3.15. The number of nitrogens with one attached hydrogen (secondary N) is 2. The molecule has 170 valence electrons. The van der Waals surface area contributed by atoms with Crippen LogP contribution < -0.4 is 25.8 Å². The highest BCUT2D eigenvalue weighted by atomic mass is 127. The average molecular weight is 535 g/mol. The minimum absolute atomic E-state index is 0. The Balaban J connectivity index is 0.00000450. The van der Waals surface area contributed by atoms with E-state index >= 15 is 0 Å². The van der Waals surface area contributed by atoms with Crippen molar-refractivity contribution in [1.29, 1.82) is 0 Å². The predicted octanol–water partition coefficient (Wildman–Crippen LogP) is 0.860. The summed E-state index contributed by atoms with van der Waals surface area (Å²) < 4.78 is 10.5. The van der Waals surface area contributed by atoms with Gasteiger partial charge in [0.15, 0.2) is 5.96 Å². The molecule has 1 amide bonds. The minimum atomic E-state index is -0.785. The van der Waals surface area contributed by atoms with E-state index in [0.29, 0.717) is 29.6 Å². The standard InChI is InChI=1S/C20H33N5O4.HI/c1-4-22-20(24-15-5-7-25(8-6-15)13-19(21)27)23-12-18(26)14-9-16(28-2)11-17(10-14)29-3;/h9-11,15,18,26H,4-8,12-13H2,1-3H3,(H2,21,27)(H2,22,23,24);1H. The van der Waals surface area contributed by atoms with E-state index in [9.17, 15) is 9.90 Å². The summed E-state index contributed by atoms with van der Waals surface area (Å²) in [6.07, 6.45) is 1.01. The third-order valence-electron chi connectivity index (χ3n) is 4.83. The van der Waals surface area contributed by atoms with Crippen LogP contribution in [-0.2, 0) is 4.79 Å². The van der Waals surface area contributed by atoms with Crippen molar-refractivity contribution in [1.82, 2.24) is 15.5 Å². The molecule has 30 heavy (non-hydrogen) atoms. The fourth-order valence-electron chi connectivity index (χ4n) is 3.27. The van der Waals surface area contributed by atoms with Crippen LogP contribution in [0.25, 0.3) is 0 Å². The number of aliphatic imine (C=N–C) groups is 1. The van der Waals surface area contributed by atoms with Gasteiger partial charge < -0.3 is 30.9 Å². The summed E-state index contributed by atoms with van der Waals surface area (Å²) in [5, 5.41) is 17.2. The van der Waals surface area contributed by atoms with Crippen LogP contribution in [-0.4, -0.2) is 74.9 Å². The summed E-state index contributed by atoms with van der Waals surface area (Å²) >= 11 is 0. The van der Waals surface area contributed by atoms with Gasteiger partial charge in [0.05, 0.1) is 33.4 Å². The molecule has 0 radical (unpaired) electrons. The van der Waals surface area contributed by atoms with Crippen LogP contribution in [0.1, 0.15) is 31.4 Å². The molecule has 1 unspecified atom stereocenters. The first-order valence-corrected chi connectivity index (χ1v) is 9.91. The molecular formula is C20H34IN5O4. The fraction of sp³-hybridized carbons (Fsp3) is 0.600. The monoisotopic (exact) mass is 535 g/mol. The molecular weight excluding hydrogens is 501 g/mol. The van der Waals surface area contributed by atoms with Gasteiger partial charge in [-0.2, -0.15) is 0 Å². The van der Waals surface area contributed by atoms with Crippen molar-refractivity contribution in [2.45, 2.75) is 31.9 Å². The van der Waals surface area contributed by atoms with Crippen LogP contribution in [0.5, 0.6) is 11.5 Å². The first kappa shape index (κ1) is 26.2. The second kappa shape index (κ2) is 13.5. The molecule has 1 heterocycles. The normalized spacial score (nSPS) is 16.3. The van der Waals surface area contributed by atoms with Gasteiger partial charge in [-0.25, -0.2) is 0 Å².